The molecular weight excluding hydrogens is 347 g/mol. The van der Waals surface area contributed by atoms with Crippen LogP contribution in [0.25, 0.3) is 0 Å². The fourth-order valence-electron chi connectivity index (χ4n) is 3.92. The molecule has 0 saturated carbocycles. The van der Waals surface area contributed by atoms with Gasteiger partial charge in [0.25, 0.3) is 0 Å². The minimum Gasteiger partial charge on any atom is -0.308 e. The van der Waals surface area contributed by atoms with Crippen LogP contribution in [-0.2, 0) is 6.42 Å². The minimum atomic E-state index is -0.334. The molecule has 0 bridgehead atoms. The molecule has 2 aromatic carbocycles. The van der Waals surface area contributed by atoms with E-state index in [1.807, 2.05) is 0 Å². The molecule has 0 aliphatic heterocycles. The van der Waals surface area contributed by atoms with Crippen molar-refractivity contribution in [3.63, 3.8) is 0 Å². The van der Waals surface area contributed by atoms with E-state index < -0.39 is 0 Å². The van der Waals surface area contributed by atoms with Crippen LogP contribution < -0.4 is 15.9 Å². The van der Waals surface area contributed by atoms with Crippen molar-refractivity contribution in [1.82, 2.24) is 10.3 Å². The second-order valence-electron chi connectivity index (χ2n) is 7.22. The Bertz CT molecular complexity index is 825. The van der Waals surface area contributed by atoms with Gasteiger partial charge in [0.05, 0.1) is 5.69 Å². The summed E-state index contributed by atoms with van der Waals surface area (Å²) >= 11 is 0. The Morgan fingerprint density at radius 1 is 0.926 bits per heavy atom. The third-order valence-corrected chi connectivity index (χ3v) is 7.80. The molecule has 3 aromatic rings. The van der Waals surface area contributed by atoms with Crippen LogP contribution >= 0.6 is 7.92 Å². The number of benzene rings is 2. The third-order valence-electron chi connectivity index (χ3n) is 5.28. The summed E-state index contributed by atoms with van der Waals surface area (Å²) in [4.78, 5) is 4.85. The van der Waals surface area contributed by atoms with Gasteiger partial charge in [-0.1, -0.05) is 66.7 Å². The molecular formula is C24H27N2P. The second-order valence-corrected chi connectivity index (χ2v) is 9.55. The predicted octanol–water partition coefficient (Wildman–Crippen LogP) is 4.49. The summed E-state index contributed by atoms with van der Waals surface area (Å²) in [5.74, 6) is 0. The fraction of sp³-hybridized carbons (Fsp3) is 0.292. The molecule has 1 N–H and O–H groups in total. The quantitative estimate of drug-likeness (QED) is 0.643. The molecule has 3 heteroatoms. The van der Waals surface area contributed by atoms with Gasteiger partial charge in [0.1, 0.15) is 0 Å². The number of aryl methyl sites for hydroxylation is 2. The van der Waals surface area contributed by atoms with Crippen molar-refractivity contribution in [2.75, 3.05) is 12.7 Å². The lowest BCUT2D eigenvalue weighted by Gasteiger charge is -2.27. The largest absolute Gasteiger partial charge is 0.308 e. The van der Waals surface area contributed by atoms with E-state index in [2.05, 4.69) is 85.0 Å². The third kappa shape index (κ3) is 4.46. The van der Waals surface area contributed by atoms with Crippen LogP contribution in [0.4, 0.5) is 0 Å². The van der Waals surface area contributed by atoms with Gasteiger partial charge in [0.15, 0.2) is 0 Å². The average Bonchev–Trinajstić information content (AvgIpc) is 2.73. The first-order chi connectivity index (χ1) is 13.3. The van der Waals surface area contributed by atoms with Crippen LogP contribution in [0.3, 0.4) is 0 Å². The topological polar surface area (TPSA) is 24.9 Å². The number of aromatic nitrogens is 1. The number of pyridine rings is 1. The van der Waals surface area contributed by atoms with E-state index in [1.165, 1.54) is 41.1 Å². The molecule has 27 heavy (non-hydrogen) atoms. The zero-order valence-corrected chi connectivity index (χ0v) is 16.8. The molecule has 138 valence electrons. The molecule has 0 fully saturated rings. The van der Waals surface area contributed by atoms with Crippen molar-refractivity contribution >= 4 is 18.5 Å². The summed E-state index contributed by atoms with van der Waals surface area (Å²) in [5, 5.41) is 6.74. The molecule has 0 amide bonds. The molecule has 1 heterocycles. The zero-order valence-electron chi connectivity index (χ0n) is 15.9. The van der Waals surface area contributed by atoms with E-state index in [4.69, 9.17) is 4.98 Å². The molecule has 0 saturated heterocycles. The molecule has 0 radical (unpaired) electrons. The number of nitrogens with one attached hydrogen (secondary N) is 1. The predicted molar refractivity (Wildman–Crippen MR) is 117 cm³/mol. The molecule has 1 aromatic heterocycles. The fourth-order valence-corrected chi connectivity index (χ4v) is 6.16. The Balaban J connectivity index is 1.48. The van der Waals surface area contributed by atoms with Gasteiger partial charge in [-0.05, 0) is 62.5 Å². The summed E-state index contributed by atoms with van der Waals surface area (Å²) in [6.07, 6.45) is 4.77. The number of hydrogen-bond donors (Lipinski definition) is 1. The molecule has 2 nitrogen and oxygen atoms in total. The highest BCUT2D eigenvalue weighted by atomic mass is 31.1. The summed E-state index contributed by atoms with van der Waals surface area (Å²) in [5.41, 5.74) is 3.83. The highest BCUT2D eigenvalue weighted by Crippen LogP contribution is 2.33. The summed E-state index contributed by atoms with van der Waals surface area (Å²) in [6.45, 7) is 3.12. The number of nitrogens with zero attached hydrogens (tertiary/aromatic N) is 1. The molecule has 1 atom stereocenters. The molecule has 1 unspecified atom stereocenters. The van der Waals surface area contributed by atoms with Crippen molar-refractivity contribution in [3.05, 3.63) is 89.7 Å². The monoisotopic (exact) mass is 374 g/mol. The first kappa shape index (κ1) is 18.3. The zero-order chi connectivity index (χ0) is 18.5. The van der Waals surface area contributed by atoms with Crippen LogP contribution in [0, 0.1) is 6.92 Å². The Labute approximate surface area is 163 Å². The Kier molecular flexibility index (Phi) is 5.97. The lowest BCUT2D eigenvalue weighted by molar-refractivity contribution is 0.460. The van der Waals surface area contributed by atoms with Gasteiger partial charge in [-0.15, -0.1) is 0 Å². The molecule has 1 aliphatic rings. The maximum Gasteiger partial charge on any atom is 0.0608 e. The van der Waals surface area contributed by atoms with Gasteiger partial charge in [-0.2, -0.15) is 0 Å². The first-order valence-electron chi connectivity index (χ1n) is 9.89. The van der Waals surface area contributed by atoms with Crippen LogP contribution in [-0.4, -0.2) is 17.7 Å². The average molecular weight is 374 g/mol. The maximum absolute atomic E-state index is 4.85. The standard InChI is InChI=1S/C24H27N2P/c1-19-15-16-20-9-8-14-23(24(20)26-19)25-17-18-27(21-10-4-2-5-11-21)22-12-6-3-7-13-22/h2-7,10-13,15-16,23,25H,8-9,14,17-18H2,1H3. The van der Waals surface area contributed by atoms with Gasteiger partial charge in [0.2, 0.25) is 0 Å². The van der Waals surface area contributed by atoms with E-state index in [-0.39, 0.29) is 7.92 Å². The lowest BCUT2D eigenvalue weighted by atomic mass is 9.91. The van der Waals surface area contributed by atoms with Crippen LogP contribution in [0.15, 0.2) is 72.8 Å². The van der Waals surface area contributed by atoms with Gasteiger partial charge in [0, 0.05) is 18.3 Å². The normalized spacial score (nSPS) is 16.3. The molecule has 4 rings (SSSR count). The lowest BCUT2D eigenvalue weighted by Crippen LogP contribution is -2.30. The van der Waals surface area contributed by atoms with Crippen molar-refractivity contribution < 1.29 is 0 Å². The smallest absolute Gasteiger partial charge is 0.0608 e. The van der Waals surface area contributed by atoms with E-state index in [1.54, 1.807) is 0 Å². The Hall–Kier alpha value is -2.02. The van der Waals surface area contributed by atoms with Crippen molar-refractivity contribution in [2.24, 2.45) is 0 Å². The minimum absolute atomic E-state index is 0.334. The van der Waals surface area contributed by atoms with Crippen LogP contribution in [0.2, 0.25) is 0 Å². The van der Waals surface area contributed by atoms with Gasteiger partial charge < -0.3 is 5.32 Å². The van der Waals surface area contributed by atoms with Crippen LogP contribution in [0.1, 0.15) is 35.8 Å². The summed E-state index contributed by atoms with van der Waals surface area (Å²) in [7, 11) is -0.334. The number of rotatable bonds is 6. The Morgan fingerprint density at radius 3 is 2.26 bits per heavy atom. The van der Waals surface area contributed by atoms with E-state index >= 15 is 0 Å². The molecule has 1 aliphatic carbocycles. The summed E-state index contributed by atoms with van der Waals surface area (Å²) < 4.78 is 0. The van der Waals surface area contributed by atoms with Gasteiger partial charge >= 0.3 is 0 Å². The Morgan fingerprint density at radius 2 is 1.59 bits per heavy atom. The first-order valence-corrected chi connectivity index (χ1v) is 11.4. The highest BCUT2D eigenvalue weighted by Gasteiger charge is 2.22. The van der Waals surface area contributed by atoms with Crippen molar-refractivity contribution in [1.29, 1.82) is 0 Å². The van der Waals surface area contributed by atoms with E-state index in [0.29, 0.717) is 6.04 Å². The van der Waals surface area contributed by atoms with Crippen LogP contribution in [0.5, 0.6) is 0 Å². The van der Waals surface area contributed by atoms with Crippen molar-refractivity contribution in [3.8, 4) is 0 Å². The highest BCUT2D eigenvalue weighted by molar-refractivity contribution is 7.73. The summed E-state index contributed by atoms with van der Waals surface area (Å²) in [6, 6.07) is 26.8. The van der Waals surface area contributed by atoms with Crippen molar-refractivity contribution in [2.45, 2.75) is 32.2 Å². The van der Waals surface area contributed by atoms with E-state index in [9.17, 15) is 0 Å². The van der Waals surface area contributed by atoms with Gasteiger partial charge in [-0.25, -0.2) is 0 Å². The number of fused-ring (bicyclic) bond motifs is 1. The van der Waals surface area contributed by atoms with Gasteiger partial charge in [-0.3, -0.25) is 4.98 Å². The maximum atomic E-state index is 4.85. The SMILES string of the molecule is Cc1ccc2c(n1)C(NCCP(c1ccccc1)c1ccccc1)CCC2. The second kappa shape index (κ2) is 8.78. The number of hydrogen-bond acceptors (Lipinski definition) is 2. The molecule has 0 spiro atoms. The van der Waals surface area contributed by atoms with E-state index in [0.717, 1.165) is 18.4 Å².